The number of carbonyl (C=O) groups excluding carboxylic acids is 2. The molecule has 0 aliphatic heterocycles. The van der Waals surface area contributed by atoms with Crippen LogP contribution >= 0.6 is 0 Å². The summed E-state index contributed by atoms with van der Waals surface area (Å²) in [5, 5.41) is 2.46. The number of amides is 1. The first-order valence-electron chi connectivity index (χ1n) is 7.15. The van der Waals surface area contributed by atoms with Gasteiger partial charge in [0.2, 0.25) is 0 Å². The number of carbonyl (C=O) groups is 2. The quantitative estimate of drug-likeness (QED) is 0.517. The molecule has 0 saturated heterocycles. The fourth-order valence-corrected chi connectivity index (χ4v) is 1.68. The zero-order valence-corrected chi connectivity index (χ0v) is 13.6. The largest absolute Gasteiger partial charge is 0.444 e. The van der Waals surface area contributed by atoms with E-state index in [2.05, 4.69) is 17.2 Å². The number of alkyl halides is 3. The lowest BCUT2D eigenvalue weighted by molar-refractivity contribution is -0.137. The second-order valence-corrected chi connectivity index (χ2v) is 5.90. The van der Waals surface area contributed by atoms with E-state index in [1.54, 1.807) is 20.8 Å². The van der Waals surface area contributed by atoms with Gasteiger partial charge in [-0.3, -0.25) is 4.79 Å². The molecule has 0 spiro atoms. The fraction of sp³-hybridized carbons (Fsp3) is 0.412. The molecule has 0 aromatic heterocycles. The number of aldehydes is 1. The van der Waals surface area contributed by atoms with E-state index in [9.17, 15) is 22.8 Å². The molecule has 0 bridgehead atoms. The van der Waals surface area contributed by atoms with E-state index in [-0.39, 0.29) is 24.1 Å². The van der Waals surface area contributed by atoms with Gasteiger partial charge in [0.1, 0.15) is 11.9 Å². The van der Waals surface area contributed by atoms with E-state index in [4.69, 9.17) is 4.74 Å². The molecule has 4 nitrogen and oxygen atoms in total. The number of rotatable bonds is 3. The summed E-state index contributed by atoms with van der Waals surface area (Å²) >= 11 is 0. The first kappa shape index (κ1) is 19.6. The van der Waals surface area contributed by atoms with Crippen molar-refractivity contribution >= 4 is 12.4 Å². The molecule has 1 amide bonds. The van der Waals surface area contributed by atoms with E-state index < -0.39 is 23.4 Å². The molecule has 1 aromatic carbocycles. The van der Waals surface area contributed by atoms with Gasteiger partial charge in [0, 0.05) is 24.1 Å². The molecular weight excluding hydrogens is 323 g/mol. The van der Waals surface area contributed by atoms with Gasteiger partial charge in [-0.2, -0.15) is 13.2 Å². The molecule has 24 heavy (non-hydrogen) atoms. The zero-order chi connectivity index (χ0) is 18.4. The third-order valence-corrected chi connectivity index (χ3v) is 2.63. The number of halogens is 3. The highest BCUT2D eigenvalue weighted by atomic mass is 19.4. The minimum Gasteiger partial charge on any atom is -0.444 e. The van der Waals surface area contributed by atoms with Crippen LogP contribution in [0.5, 0.6) is 0 Å². The van der Waals surface area contributed by atoms with Crippen LogP contribution < -0.4 is 5.32 Å². The van der Waals surface area contributed by atoms with Crippen molar-refractivity contribution in [2.24, 2.45) is 0 Å². The van der Waals surface area contributed by atoms with E-state index in [0.29, 0.717) is 6.29 Å². The summed E-state index contributed by atoms with van der Waals surface area (Å²) < 4.78 is 43.9. The molecule has 0 atom stereocenters. The Bertz CT molecular complexity index is 664. The molecule has 1 N–H and O–H groups in total. The number of alkyl carbamates (subject to hydrolysis) is 1. The van der Waals surface area contributed by atoms with E-state index in [1.165, 1.54) is 6.07 Å². The summed E-state index contributed by atoms with van der Waals surface area (Å²) in [5.41, 5.74) is -1.87. The second kappa shape index (κ2) is 7.86. The number of benzene rings is 1. The SMILES string of the molecule is CC(C)(C)OC(=O)NCCC#Cc1ccc(C=O)cc1C(F)(F)F. The lowest BCUT2D eigenvalue weighted by Crippen LogP contribution is -2.32. The standard InChI is InChI=1S/C17H18F3NO3/c1-16(2,3)24-15(23)21-9-5-4-6-13-8-7-12(11-22)10-14(13)17(18,19)20/h7-8,10-11H,5,9H2,1-3H3,(H,21,23). The molecule has 0 aliphatic rings. The summed E-state index contributed by atoms with van der Waals surface area (Å²) in [6.07, 6.45) is -4.71. The highest BCUT2D eigenvalue weighted by Gasteiger charge is 2.33. The van der Waals surface area contributed by atoms with Gasteiger partial charge < -0.3 is 10.1 Å². The second-order valence-electron chi connectivity index (χ2n) is 5.90. The van der Waals surface area contributed by atoms with Gasteiger partial charge in [-0.25, -0.2) is 4.79 Å². The number of nitrogens with one attached hydrogen (secondary N) is 1. The average Bonchev–Trinajstić information content (AvgIpc) is 2.44. The van der Waals surface area contributed by atoms with Crippen LogP contribution in [0.1, 0.15) is 48.7 Å². The molecule has 1 rings (SSSR count). The summed E-state index contributed by atoms with van der Waals surface area (Å²) in [6, 6.07) is 3.18. The summed E-state index contributed by atoms with van der Waals surface area (Å²) in [7, 11) is 0. The molecule has 0 radical (unpaired) electrons. The highest BCUT2D eigenvalue weighted by Crippen LogP contribution is 2.32. The first-order chi connectivity index (χ1) is 11.0. The predicted molar refractivity (Wildman–Crippen MR) is 82.6 cm³/mol. The third kappa shape index (κ3) is 6.73. The number of ether oxygens (including phenoxy) is 1. The maximum Gasteiger partial charge on any atom is 0.417 e. The summed E-state index contributed by atoms with van der Waals surface area (Å²) in [4.78, 5) is 22.0. The van der Waals surface area contributed by atoms with Crippen LogP contribution in [0, 0.1) is 11.8 Å². The van der Waals surface area contributed by atoms with Crippen molar-refractivity contribution in [1.29, 1.82) is 0 Å². The van der Waals surface area contributed by atoms with Crippen LogP contribution in [0.25, 0.3) is 0 Å². The van der Waals surface area contributed by atoms with Crippen molar-refractivity contribution in [1.82, 2.24) is 5.32 Å². The Morgan fingerprint density at radius 3 is 2.50 bits per heavy atom. The minimum absolute atomic E-state index is 0.0699. The van der Waals surface area contributed by atoms with Gasteiger partial charge in [0.15, 0.2) is 0 Å². The highest BCUT2D eigenvalue weighted by molar-refractivity contribution is 5.75. The molecule has 0 fully saturated rings. The lowest BCUT2D eigenvalue weighted by atomic mass is 10.0. The molecule has 1 aromatic rings. The molecular formula is C17H18F3NO3. The van der Waals surface area contributed by atoms with Crippen molar-refractivity contribution in [3.8, 4) is 11.8 Å². The van der Waals surface area contributed by atoms with E-state index in [1.807, 2.05) is 0 Å². The molecule has 0 heterocycles. The van der Waals surface area contributed by atoms with Crippen molar-refractivity contribution in [3.63, 3.8) is 0 Å². The maximum absolute atomic E-state index is 12.9. The van der Waals surface area contributed by atoms with Crippen LogP contribution in [0.15, 0.2) is 18.2 Å². The molecule has 0 unspecified atom stereocenters. The Balaban J connectivity index is 2.70. The summed E-state index contributed by atoms with van der Waals surface area (Å²) in [5.74, 6) is 4.98. The van der Waals surface area contributed by atoms with Gasteiger partial charge in [0.05, 0.1) is 5.56 Å². The molecule has 7 heteroatoms. The first-order valence-corrected chi connectivity index (χ1v) is 7.15. The number of hydrogen-bond acceptors (Lipinski definition) is 3. The molecule has 0 saturated carbocycles. The smallest absolute Gasteiger partial charge is 0.417 e. The monoisotopic (exact) mass is 341 g/mol. The van der Waals surface area contributed by atoms with Crippen molar-refractivity contribution in [2.45, 2.75) is 39.0 Å². The van der Waals surface area contributed by atoms with Crippen LogP contribution in [0.3, 0.4) is 0 Å². The number of hydrogen-bond donors (Lipinski definition) is 1. The van der Waals surface area contributed by atoms with Crippen LogP contribution in [0.2, 0.25) is 0 Å². The van der Waals surface area contributed by atoms with Crippen molar-refractivity contribution < 1.29 is 27.5 Å². The topological polar surface area (TPSA) is 55.4 Å². The summed E-state index contributed by atoms with van der Waals surface area (Å²) in [6.45, 7) is 5.30. The minimum atomic E-state index is -4.60. The lowest BCUT2D eigenvalue weighted by Gasteiger charge is -2.19. The van der Waals surface area contributed by atoms with Gasteiger partial charge in [-0.15, -0.1) is 0 Å². The average molecular weight is 341 g/mol. The van der Waals surface area contributed by atoms with Gasteiger partial charge in [-0.05, 0) is 32.9 Å². The molecule has 130 valence electrons. The molecule has 0 aliphatic carbocycles. The van der Waals surface area contributed by atoms with Gasteiger partial charge >= 0.3 is 12.3 Å². The van der Waals surface area contributed by atoms with Crippen molar-refractivity contribution in [2.75, 3.05) is 6.54 Å². The Morgan fingerprint density at radius 1 is 1.29 bits per heavy atom. The van der Waals surface area contributed by atoms with Gasteiger partial charge in [0.25, 0.3) is 0 Å². The maximum atomic E-state index is 12.9. The fourth-order valence-electron chi connectivity index (χ4n) is 1.68. The Kier molecular flexibility index (Phi) is 6.41. The zero-order valence-electron chi connectivity index (χ0n) is 13.6. The van der Waals surface area contributed by atoms with E-state index >= 15 is 0 Å². The third-order valence-electron chi connectivity index (χ3n) is 2.63. The van der Waals surface area contributed by atoms with Crippen LogP contribution in [0.4, 0.5) is 18.0 Å². The Morgan fingerprint density at radius 2 is 1.96 bits per heavy atom. The Hall–Kier alpha value is -2.49. The van der Waals surface area contributed by atoms with Crippen LogP contribution in [-0.2, 0) is 10.9 Å². The normalized spacial score (nSPS) is 11.2. The van der Waals surface area contributed by atoms with Gasteiger partial charge in [-0.1, -0.05) is 17.9 Å². The van der Waals surface area contributed by atoms with E-state index in [0.717, 1.165) is 12.1 Å². The Labute approximate surface area is 138 Å². The van der Waals surface area contributed by atoms with Crippen LogP contribution in [-0.4, -0.2) is 24.5 Å². The van der Waals surface area contributed by atoms with Crippen molar-refractivity contribution in [3.05, 3.63) is 34.9 Å². The predicted octanol–water partition coefficient (Wildman–Crippen LogP) is 3.78.